The second kappa shape index (κ2) is 5.58. The highest BCUT2D eigenvalue weighted by atomic mass is 15.0. The van der Waals surface area contributed by atoms with Crippen LogP contribution in [0.1, 0.15) is 46.7 Å². The highest BCUT2D eigenvalue weighted by molar-refractivity contribution is 5.08. The van der Waals surface area contributed by atoms with Crippen molar-refractivity contribution in [1.29, 1.82) is 5.26 Å². The van der Waals surface area contributed by atoms with Crippen LogP contribution in [0.5, 0.6) is 0 Å². The van der Waals surface area contributed by atoms with Crippen molar-refractivity contribution >= 4 is 0 Å². The van der Waals surface area contributed by atoms with Crippen molar-refractivity contribution in [3.63, 3.8) is 0 Å². The largest absolute Gasteiger partial charge is 0.350 e. The highest BCUT2D eigenvalue weighted by Gasteiger charge is 2.17. The molecule has 0 aliphatic rings. The van der Waals surface area contributed by atoms with Crippen LogP contribution >= 0.6 is 0 Å². The van der Waals surface area contributed by atoms with Crippen molar-refractivity contribution in [2.24, 2.45) is 5.41 Å². The van der Waals surface area contributed by atoms with Gasteiger partial charge in [-0.25, -0.2) is 0 Å². The number of nitrogens with one attached hydrogen (secondary N) is 1. The zero-order valence-corrected chi connectivity index (χ0v) is 12.2. The summed E-state index contributed by atoms with van der Waals surface area (Å²) in [6.07, 6.45) is 2.97. The van der Waals surface area contributed by atoms with Crippen molar-refractivity contribution in [2.75, 3.05) is 0 Å². The summed E-state index contributed by atoms with van der Waals surface area (Å²) in [5.74, 6) is 0. The molecule has 0 amide bonds. The molecule has 1 aromatic heterocycles. The van der Waals surface area contributed by atoms with Crippen LogP contribution in [0.4, 0.5) is 0 Å². The van der Waals surface area contributed by atoms with E-state index in [0.29, 0.717) is 0 Å². The summed E-state index contributed by atoms with van der Waals surface area (Å²) in [6.45, 7) is 12.2. The number of hydrogen-bond donors (Lipinski definition) is 1. The maximum absolute atomic E-state index is 9.03. The topological polar surface area (TPSA) is 40.8 Å². The number of aromatic nitrogens is 1. The SMILES string of the molecule is CC(C)(C#N)CCn1cccc1CNC(C)(C)C. The Kier molecular flexibility index (Phi) is 4.59. The number of aryl methyl sites for hydroxylation is 1. The first-order chi connectivity index (χ1) is 8.23. The number of rotatable bonds is 5. The number of hydrogen-bond acceptors (Lipinski definition) is 2. The van der Waals surface area contributed by atoms with Crippen LogP contribution in [0.2, 0.25) is 0 Å². The summed E-state index contributed by atoms with van der Waals surface area (Å²) in [6, 6.07) is 6.56. The molecular weight excluding hydrogens is 222 g/mol. The van der Waals surface area contributed by atoms with E-state index < -0.39 is 0 Å². The molecule has 1 N–H and O–H groups in total. The fraction of sp³-hybridized carbons (Fsp3) is 0.667. The lowest BCUT2D eigenvalue weighted by atomic mass is 9.91. The first-order valence-corrected chi connectivity index (χ1v) is 6.54. The van der Waals surface area contributed by atoms with Crippen molar-refractivity contribution in [1.82, 2.24) is 9.88 Å². The third-order valence-corrected chi connectivity index (χ3v) is 3.00. The summed E-state index contributed by atoms with van der Waals surface area (Å²) in [5.41, 5.74) is 1.15. The van der Waals surface area contributed by atoms with Gasteiger partial charge < -0.3 is 9.88 Å². The van der Waals surface area contributed by atoms with E-state index in [1.54, 1.807) is 0 Å². The quantitative estimate of drug-likeness (QED) is 0.867. The lowest BCUT2D eigenvalue weighted by Crippen LogP contribution is -2.35. The predicted molar refractivity (Wildman–Crippen MR) is 75.0 cm³/mol. The van der Waals surface area contributed by atoms with Crippen molar-refractivity contribution < 1.29 is 0 Å². The summed E-state index contributed by atoms with van der Waals surface area (Å²) >= 11 is 0. The molecule has 0 aliphatic carbocycles. The molecule has 3 nitrogen and oxygen atoms in total. The normalized spacial score (nSPS) is 12.4. The molecule has 0 saturated carbocycles. The third kappa shape index (κ3) is 4.93. The Morgan fingerprint density at radius 2 is 1.94 bits per heavy atom. The van der Waals surface area contributed by atoms with E-state index in [4.69, 9.17) is 5.26 Å². The molecule has 0 atom stereocenters. The van der Waals surface area contributed by atoms with Crippen LogP contribution in [0.15, 0.2) is 18.3 Å². The molecule has 0 fully saturated rings. The smallest absolute Gasteiger partial charge is 0.0684 e. The molecule has 3 heteroatoms. The summed E-state index contributed by atoms with van der Waals surface area (Å²) < 4.78 is 2.23. The maximum Gasteiger partial charge on any atom is 0.0684 e. The molecule has 18 heavy (non-hydrogen) atoms. The minimum Gasteiger partial charge on any atom is -0.350 e. The van der Waals surface area contributed by atoms with Crippen LogP contribution in [0.3, 0.4) is 0 Å². The lowest BCUT2D eigenvalue weighted by molar-refractivity contribution is 0.392. The molecule has 100 valence electrons. The summed E-state index contributed by atoms with van der Waals surface area (Å²) in [4.78, 5) is 0. The van der Waals surface area contributed by atoms with Crippen LogP contribution in [-0.4, -0.2) is 10.1 Å². The average molecular weight is 247 g/mol. The van der Waals surface area contributed by atoms with Gasteiger partial charge in [-0.15, -0.1) is 0 Å². The molecular formula is C15H25N3. The minimum absolute atomic E-state index is 0.126. The Hall–Kier alpha value is -1.27. The van der Waals surface area contributed by atoms with Gasteiger partial charge in [0.05, 0.1) is 11.5 Å². The van der Waals surface area contributed by atoms with Gasteiger partial charge in [0.2, 0.25) is 0 Å². The van der Waals surface area contributed by atoms with Crippen LogP contribution < -0.4 is 5.32 Å². The van der Waals surface area contributed by atoms with E-state index in [1.165, 1.54) is 5.69 Å². The zero-order valence-electron chi connectivity index (χ0n) is 12.2. The Labute approximate surface area is 111 Å². The molecule has 1 aromatic rings. The molecule has 0 aromatic carbocycles. The van der Waals surface area contributed by atoms with Gasteiger partial charge in [-0.3, -0.25) is 0 Å². The van der Waals surface area contributed by atoms with Gasteiger partial charge in [0, 0.05) is 30.5 Å². The summed E-state index contributed by atoms with van der Waals surface area (Å²) in [5, 5.41) is 12.5. The third-order valence-electron chi connectivity index (χ3n) is 3.00. The zero-order chi connectivity index (χ0) is 13.8. The maximum atomic E-state index is 9.03. The minimum atomic E-state index is -0.251. The van der Waals surface area contributed by atoms with Crippen LogP contribution in [-0.2, 0) is 13.1 Å². The average Bonchev–Trinajstić information content (AvgIpc) is 2.70. The van der Waals surface area contributed by atoms with Gasteiger partial charge in [-0.2, -0.15) is 5.26 Å². The second-order valence-corrected chi connectivity index (χ2v) is 6.54. The van der Waals surface area contributed by atoms with Crippen molar-refractivity contribution in [2.45, 2.75) is 59.7 Å². The van der Waals surface area contributed by atoms with Crippen molar-refractivity contribution in [3.8, 4) is 6.07 Å². The second-order valence-electron chi connectivity index (χ2n) is 6.54. The van der Waals surface area contributed by atoms with E-state index in [9.17, 15) is 0 Å². The molecule has 1 rings (SSSR count). The van der Waals surface area contributed by atoms with E-state index in [-0.39, 0.29) is 11.0 Å². The molecule has 1 heterocycles. The predicted octanol–water partition coefficient (Wildman–Crippen LogP) is 3.32. The molecule has 0 spiro atoms. The fourth-order valence-electron chi connectivity index (χ4n) is 1.64. The standard InChI is InChI=1S/C15H25N3/c1-14(2,3)17-11-13-7-6-9-18(13)10-8-15(4,5)12-16/h6-7,9,17H,8,10-11H2,1-5H3. The Bertz CT molecular complexity index is 416. The molecule has 0 unspecified atom stereocenters. The highest BCUT2D eigenvalue weighted by Crippen LogP contribution is 2.20. The first-order valence-electron chi connectivity index (χ1n) is 6.54. The molecule has 0 saturated heterocycles. The van der Waals surface area contributed by atoms with Gasteiger partial charge >= 0.3 is 0 Å². The van der Waals surface area contributed by atoms with Gasteiger partial charge in [0.15, 0.2) is 0 Å². The van der Waals surface area contributed by atoms with E-state index in [1.807, 2.05) is 13.8 Å². The molecule has 0 radical (unpaired) electrons. The molecule has 0 bridgehead atoms. The fourth-order valence-corrected chi connectivity index (χ4v) is 1.64. The van der Waals surface area contributed by atoms with Crippen molar-refractivity contribution in [3.05, 3.63) is 24.0 Å². The van der Waals surface area contributed by atoms with Gasteiger partial charge in [0.1, 0.15) is 0 Å². The van der Waals surface area contributed by atoms with E-state index in [2.05, 4.69) is 55.1 Å². The Balaban J connectivity index is 2.58. The first kappa shape index (κ1) is 14.8. The number of nitrogens with zero attached hydrogens (tertiary/aromatic N) is 2. The Morgan fingerprint density at radius 1 is 1.28 bits per heavy atom. The van der Waals surface area contributed by atoms with E-state index in [0.717, 1.165) is 19.5 Å². The van der Waals surface area contributed by atoms with Gasteiger partial charge in [0.25, 0.3) is 0 Å². The van der Waals surface area contributed by atoms with Gasteiger partial charge in [-0.1, -0.05) is 0 Å². The van der Waals surface area contributed by atoms with Crippen LogP contribution in [0, 0.1) is 16.7 Å². The lowest BCUT2D eigenvalue weighted by Gasteiger charge is -2.22. The van der Waals surface area contributed by atoms with Crippen LogP contribution in [0.25, 0.3) is 0 Å². The molecule has 0 aliphatic heterocycles. The van der Waals surface area contributed by atoms with Gasteiger partial charge in [-0.05, 0) is 53.2 Å². The summed E-state index contributed by atoms with van der Waals surface area (Å²) in [7, 11) is 0. The number of nitriles is 1. The van der Waals surface area contributed by atoms with E-state index >= 15 is 0 Å². The Morgan fingerprint density at radius 3 is 2.50 bits per heavy atom. The monoisotopic (exact) mass is 247 g/mol.